The van der Waals surface area contributed by atoms with Crippen molar-refractivity contribution >= 4 is 40.3 Å². The fourth-order valence-corrected chi connectivity index (χ4v) is 3.93. The minimum Gasteiger partial charge on any atom is -0.496 e. The van der Waals surface area contributed by atoms with Crippen LogP contribution in [0.5, 0.6) is 5.75 Å². The lowest BCUT2D eigenvalue weighted by Gasteiger charge is -2.12. The van der Waals surface area contributed by atoms with Gasteiger partial charge in [-0.15, -0.1) is 0 Å². The zero-order chi connectivity index (χ0) is 28.0. The van der Waals surface area contributed by atoms with Gasteiger partial charge in [0.05, 0.1) is 23.2 Å². The Hall–Kier alpha value is -3.97. The lowest BCUT2D eigenvalue weighted by Crippen LogP contribution is -1.98. The van der Waals surface area contributed by atoms with E-state index in [2.05, 4.69) is 27.1 Å². The molecule has 8 nitrogen and oxygen atoms in total. The van der Waals surface area contributed by atoms with Gasteiger partial charge >= 0.3 is 0 Å². The molecular weight excluding hydrogens is 523 g/mol. The van der Waals surface area contributed by atoms with Crippen LogP contribution in [0, 0.1) is 17.7 Å². The van der Waals surface area contributed by atoms with Gasteiger partial charge in [-0.25, -0.2) is 19.8 Å². The van der Waals surface area contributed by atoms with Gasteiger partial charge in [0.25, 0.3) is 0 Å². The first-order valence-corrected chi connectivity index (χ1v) is 12.8. The van der Waals surface area contributed by atoms with Crippen molar-refractivity contribution in [2.24, 2.45) is 0 Å². The van der Waals surface area contributed by atoms with E-state index >= 15 is 0 Å². The Morgan fingerprint density at radius 3 is 2.67 bits per heavy atom. The van der Waals surface area contributed by atoms with Crippen molar-refractivity contribution in [2.75, 3.05) is 19.5 Å². The summed E-state index contributed by atoms with van der Waals surface area (Å²) in [5.74, 6) is 8.03. The minimum atomic E-state index is -0.493. The first-order chi connectivity index (χ1) is 19.0. The lowest BCUT2D eigenvalue weighted by atomic mass is 10.1. The quantitative estimate of drug-likeness (QED) is 0.0841. The highest BCUT2D eigenvalue weighted by atomic mass is 35.5. The van der Waals surface area contributed by atoms with E-state index in [1.165, 1.54) is 25.5 Å². The molecule has 0 aliphatic carbocycles. The predicted molar refractivity (Wildman–Crippen MR) is 150 cm³/mol. The van der Waals surface area contributed by atoms with Crippen LogP contribution >= 0.6 is 11.6 Å². The first-order valence-electron chi connectivity index (χ1n) is 12.4. The zero-order valence-corrected chi connectivity index (χ0v) is 22.5. The Balaban J connectivity index is 0.00000134. The summed E-state index contributed by atoms with van der Waals surface area (Å²) in [5.41, 5.74) is 3.74. The van der Waals surface area contributed by atoms with Crippen molar-refractivity contribution in [2.45, 2.75) is 38.5 Å². The van der Waals surface area contributed by atoms with Crippen LogP contribution in [-0.2, 0) is 4.79 Å². The van der Waals surface area contributed by atoms with Gasteiger partial charge in [0, 0.05) is 37.0 Å². The molecule has 204 valence electrons. The number of anilines is 2. The fraction of sp³-hybridized carbons (Fsp3) is 0.276. The van der Waals surface area contributed by atoms with Gasteiger partial charge in [0.1, 0.15) is 35.8 Å². The summed E-state index contributed by atoms with van der Waals surface area (Å²) in [7, 11) is 3.02. The molecule has 0 bridgehead atoms. The maximum Gasteiger partial charge on any atom is 0.177 e. The lowest BCUT2D eigenvalue weighted by molar-refractivity contribution is -0.107. The second-order valence-corrected chi connectivity index (χ2v) is 8.76. The van der Waals surface area contributed by atoms with Gasteiger partial charge in [-0.2, -0.15) is 0 Å². The second kappa shape index (κ2) is 15.4. The van der Waals surface area contributed by atoms with Crippen molar-refractivity contribution in [1.82, 2.24) is 15.4 Å². The molecule has 0 spiro atoms. The number of unbranched alkanes of at least 4 members (excludes halogenated alkanes) is 5. The van der Waals surface area contributed by atoms with Crippen LogP contribution in [0.25, 0.3) is 22.2 Å². The summed E-state index contributed by atoms with van der Waals surface area (Å²) in [6.45, 7) is 0. The summed E-state index contributed by atoms with van der Waals surface area (Å²) < 4.78 is 25.2. The molecule has 0 radical (unpaired) electrons. The maximum atomic E-state index is 13.6. The SMILES string of the molecule is CNO.COc1cc2ncnc(Nc3ccc(F)c(Cl)c3)c2cc1-c1ccc(C#CCCCCCCC=O)o1. The van der Waals surface area contributed by atoms with E-state index in [0.29, 0.717) is 40.7 Å². The standard InChI is InChI=1S/C28H25ClFN3O3.CH5NO/c1-35-27-17-25-21(28(32-18-31-25)33-19-10-12-24(30)23(29)15-19)16-22(27)26-13-11-20(36-26)9-7-5-3-2-4-6-8-14-34;1-2-3/h10-18H,2-6,8H2,1H3,(H,31,32,33);2-3H,1H3. The van der Waals surface area contributed by atoms with Crippen LogP contribution in [0.2, 0.25) is 5.02 Å². The number of nitrogens with one attached hydrogen (secondary N) is 2. The molecule has 0 amide bonds. The summed E-state index contributed by atoms with van der Waals surface area (Å²) in [5, 5.41) is 11.2. The number of rotatable bonds is 10. The smallest absolute Gasteiger partial charge is 0.177 e. The Bertz CT molecular complexity index is 1450. The number of hydroxylamine groups is 1. The average molecular weight is 553 g/mol. The maximum absolute atomic E-state index is 13.6. The normalized spacial score (nSPS) is 10.3. The molecule has 0 unspecified atom stereocenters. The number of nitrogens with zero attached hydrogens (tertiary/aromatic N) is 2. The molecule has 0 aliphatic heterocycles. The van der Waals surface area contributed by atoms with E-state index in [4.69, 9.17) is 26.0 Å². The summed E-state index contributed by atoms with van der Waals surface area (Å²) in [4.78, 5) is 19.1. The van der Waals surface area contributed by atoms with E-state index in [0.717, 1.165) is 49.3 Å². The van der Waals surface area contributed by atoms with Gasteiger partial charge in [-0.3, -0.25) is 0 Å². The van der Waals surface area contributed by atoms with Crippen LogP contribution in [0.4, 0.5) is 15.9 Å². The van der Waals surface area contributed by atoms with Crippen LogP contribution in [0.15, 0.2) is 53.2 Å². The van der Waals surface area contributed by atoms with Crippen molar-refractivity contribution < 1.29 is 23.5 Å². The molecule has 0 saturated carbocycles. The van der Waals surface area contributed by atoms with Crippen LogP contribution in [0.1, 0.15) is 44.3 Å². The van der Waals surface area contributed by atoms with Gasteiger partial charge < -0.3 is 24.5 Å². The van der Waals surface area contributed by atoms with Crippen molar-refractivity contribution in [3.63, 3.8) is 0 Å². The van der Waals surface area contributed by atoms with Crippen molar-refractivity contribution in [1.29, 1.82) is 0 Å². The largest absolute Gasteiger partial charge is 0.496 e. The van der Waals surface area contributed by atoms with Crippen LogP contribution in [-0.4, -0.2) is 35.6 Å². The van der Waals surface area contributed by atoms with Gasteiger partial charge in [-0.1, -0.05) is 30.4 Å². The van der Waals surface area contributed by atoms with E-state index in [1.807, 2.05) is 24.3 Å². The molecule has 0 atom stereocenters. The van der Waals surface area contributed by atoms with E-state index < -0.39 is 5.82 Å². The van der Waals surface area contributed by atoms with Gasteiger partial charge in [0.2, 0.25) is 0 Å². The zero-order valence-electron chi connectivity index (χ0n) is 21.8. The number of halogens is 2. The monoisotopic (exact) mass is 552 g/mol. The van der Waals surface area contributed by atoms with E-state index in [-0.39, 0.29) is 5.02 Å². The highest BCUT2D eigenvalue weighted by Gasteiger charge is 2.15. The van der Waals surface area contributed by atoms with Crippen molar-refractivity contribution in [3.8, 4) is 28.9 Å². The number of methoxy groups -OCH3 is 1. The van der Waals surface area contributed by atoms with E-state index in [9.17, 15) is 9.18 Å². The van der Waals surface area contributed by atoms with Crippen molar-refractivity contribution in [3.05, 3.63) is 65.4 Å². The molecule has 4 aromatic rings. The number of carbonyl (C=O) groups excluding carboxylic acids is 1. The third-order valence-electron chi connectivity index (χ3n) is 5.60. The number of hydrogen-bond donors (Lipinski definition) is 3. The van der Waals surface area contributed by atoms with Gasteiger partial charge in [-0.05, 0) is 55.2 Å². The van der Waals surface area contributed by atoms with Gasteiger partial charge in [0.15, 0.2) is 5.76 Å². The Kier molecular flexibility index (Phi) is 11.7. The Labute approximate surface area is 231 Å². The number of aldehydes is 1. The molecule has 0 saturated heterocycles. The number of furan rings is 1. The molecule has 2 aromatic heterocycles. The average Bonchev–Trinajstić information content (AvgIpc) is 3.41. The Morgan fingerprint density at radius 1 is 1.13 bits per heavy atom. The fourth-order valence-electron chi connectivity index (χ4n) is 3.75. The molecular formula is C29H30ClFN4O4. The topological polar surface area (TPSA) is 110 Å². The number of benzene rings is 2. The molecule has 10 heteroatoms. The number of carbonyl (C=O) groups is 1. The number of fused-ring (bicyclic) bond motifs is 1. The Morgan fingerprint density at radius 2 is 1.92 bits per heavy atom. The molecule has 3 N–H and O–H groups in total. The molecule has 2 heterocycles. The molecule has 4 rings (SSSR count). The molecule has 0 fully saturated rings. The highest BCUT2D eigenvalue weighted by Crippen LogP contribution is 2.37. The summed E-state index contributed by atoms with van der Waals surface area (Å²) >= 11 is 5.93. The summed E-state index contributed by atoms with van der Waals surface area (Å²) in [6.07, 6.45) is 7.84. The number of aromatic nitrogens is 2. The third kappa shape index (κ3) is 8.52. The molecule has 39 heavy (non-hydrogen) atoms. The number of hydrogen-bond acceptors (Lipinski definition) is 8. The molecule has 2 aromatic carbocycles. The predicted octanol–water partition coefficient (Wildman–Crippen LogP) is 6.92. The number of ether oxygens (including phenoxy) is 1. The first kappa shape index (κ1) is 29.6. The van der Waals surface area contributed by atoms with Crippen LogP contribution in [0.3, 0.4) is 0 Å². The highest BCUT2D eigenvalue weighted by molar-refractivity contribution is 6.31. The second-order valence-electron chi connectivity index (χ2n) is 8.35. The van der Waals surface area contributed by atoms with Crippen LogP contribution < -0.4 is 15.5 Å². The third-order valence-corrected chi connectivity index (χ3v) is 5.89. The van der Waals surface area contributed by atoms with E-state index in [1.54, 1.807) is 18.7 Å². The molecule has 0 aliphatic rings. The minimum absolute atomic E-state index is 0.0165. The summed E-state index contributed by atoms with van der Waals surface area (Å²) in [6, 6.07) is 11.8.